The fraction of sp³-hybridized carbons (Fsp3) is 0.913. The van der Waals surface area contributed by atoms with Gasteiger partial charge in [0.25, 0.3) is 0 Å². The molecule has 28 heavy (non-hydrogen) atoms. The van der Waals surface area contributed by atoms with E-state index in [1.54, 1.807) is 0 Å². The molecular formula is C23H45NO3S. The van der Waals surface area contributed by atoms with E-state index in [1.807, 2.05) is 0 Å². The van der Waals surface area contributed by atoms with Crippen LogP contribution in [0.15, 0.2) is 0 Å². The minimum absolute atomic E-state index is 0.160. The van der Waals surface area contributed by atoms with Crippen molar-refractivity contribution in [1.29, 1.82) is 0 Å². The van der Waals surface area contributed by atoms with E-state index in [4.69, 9.17) is 0 Å². The fourth-order valence-corrected chi connectivity index (χ4v) is 4.03. The molecule has 0 aliphatic heterocycles. The number of carboxylic acid groups (broad SMARTS) is 1. The molecule has 0 bridgehead atoms. The number of aliphatic carboxylic acids is 1. The molecule has 1 atom stereocenters. The molecule has 0 aromatic heterocycles. The highest BCUT2D eigenvalue weighted by Gasteiger charge is 2.25. The minimum atomic E-state index is -0.971. The number of hydrogen-bond acceptors (Lipinski definition) is 3. The van der Waals surface area contributed by atoms with Crippen molar-refractivity contribution in [2.45, 2.75) is 123 Å². The Labute approximate surface area is 179 Å². The predicted octanol–water partition coefficient (Wildman–Crippen LogP) is 6.48. The maximum Gasteiger partial charge on any atom is 0.327 e. The molecule has 0 aliphatic rings. The minimum Gasteiger partial charge on any atom is -0.480 e. The van der Waals surface area contributed by atoms with Gasteiger partial charge in [0, 0.05) is 19.2 Å². The molecule has 1 N–H and O–H groups in total. The van der Waals surface area contributed by atoms with Crippen LogP contribution in [0, 0.1) is 0 Å². The SMILES string of the molecule is CCCCCCCCCCCCCCCCCCN(C(C)=O)C(CS)C(=O)O. The van der Waals surface area contributed by atoms with Gasteiger partial charge in [0.05, 0.1) is 0 Å². The first kappa shape index (κ1) is 27.3. The number of carbonyl (C=O) groups excluding carboxylic acids is 1. The maximum absolute atomic E-state index is 11.7. The third-order valence-electron chi connectivity index (χ3n) is 5.49. The van der Waals surface area contributed by atoms with Crippen LogP contribution >= 0.6 is 12.6 Å². The van der Waals surface area contributed by atoms with E-state index in [1.165, 1.54) is 102 Å². The molecule has 0 spiro atoms. The summed E-state index contributed by atoms with van der Waals surface area (Å²) >= 11 is 4.07. The second-order valence-electron chi connectivity index (χ2n) is 8.05. The molecular weight excluding hydrogens is 370 g/mol. The first-order valence-electron chi connectivity index (χ1n) is 11.7. The van der Waals surface area contributed by atoms with Crippen LogP contribution < -0.4 is 0 Å². The van der Waals surface area contributed by atoms with Gasteiger partial charge in [-0.25, -0.2) is 4.79 Å². The summed E-state index contributed by atoms with van der Waals surface area (Å²) in [5.74, 6) is -0.988. The molecule has 166 valence electrons. The van der Waals surface area contributed by atoms with Gasteiger partial charge in [0.1, 0.15) is 6.04 Å². The van der Waals surface area contributed by atoms with E-state index < -0.39 is 12.0 Å². The van der Waals surface area contributed by atoms with E-state index in [2.05, 4.69) is 19.6 Å². The summed E-state index contributed by atoms with van der Waals surface area (Å²) in [5, 5.41) is 9.18. The topological polar surface area (TPSA) is 57.6 Å². The Morgan fingerprint density at radius 2 is 1.11 bits per heavy atom. The first-order chi connectivity index (χ1) is 13.5. The quantitative estimate of drug-likeness (QED) is 0.177. The summed E-state index contributed by atoms with van der Waals surface area (Å²) in [4.78, 5) is 24.3. The zero-order valence-corrected chi connectivity index (χ0v) is 19.4. The predicted molar refractivity (Wildman–Crippen MR) is 122 cm³/mol. The second-order valence-corrected chi connectivity index (χ2v) is 8.42. The van der Waals surface area contributed by atoms with Gasteiger partial charge in [-0.15, -0.1) is 0 Å². The van der Waals surface area contributed by atoms with Crippen LogP contribution in [-0.4, -0.2) is 40.2 Å². The van der Waals surface area contributed by atoms with Crippen LogP contribution in [-0.2, 0) is 9.59 Å². The third kappa shape index (κ3) is 15.2. The lowest BCUT2D eigenvalue weighted by molar-refractivity contribution is -0.148. The molecule has 0 aliphatic carbocycles. The van der Waals surface area contributed by atoms with Gasteiger partial charge >= 0.3 is 5.97 Å². The molecule has 0 saturated heterocycles. The standard InChI is InChI=1S/C23H45NO3S/c1-3-4-5-6-7-8-9-10-11-12-13-14-15-16-17-18-19-24(21(2)25)22(20-28)23(26)27/h22,28H,3-20H2,1-2H3,(H,26,27). The monoisotopic (exact) mass is 415 g/mol. The van der Waals surface area contributed by atoms with Crippen LogP contribution in [0.1, 0.15) is 117 Å². The molecule has 0 rings (SSSR count). The third-order valence-corrected chi connectivity index (χ3v) is 5.84. The highest BCUT2D eigenvalue weighted by atomic mass is 32.1. The summed E-state index contributed by atoms with van der Waals surface area (Å²) in [5.41, 5.74) is 0. The first-order valence-corrected chi connectivity index (χ1v) is 12.3. The lowest BCUT2D eigenvalue weighted by Gasteiger charge is -2.26. The molecule has 4 nitrogen and oxygen atoms in total. The van der Waals surface area contributed by atoms with E-state index in [0.717, 1.165) is 12.8 Å². The second kappa shape index (κ2) is 19.6. The molecule has 0 radical (unpaired) electrons. The Hall–Kier alpha value is -0.710. The summed E-state index contributed by atoms with van der Waals surface area (Å²) in [6, 6.07) is -0.808. The number of thiol groups is 1. The van der Waals surface area contributed by atoms with Crippen molar-refractivity contribution in [2.75, 3.05) is 12.3 Å². The average Bonchev–Trinajstić information content (AvgIpc) is 2.66. The zero-order chi connectivity index (χ0) is 21.0. The van der Waals surface area contributed by atoms with Crippen molar-refractivity contribution >= 4 is 24.5 Å². The summed E-state index contributed by atoms with van der Waals surface area (Å²) in [7, 11) is 0. The van der Waals surface area contributed by atoms with Gasteiger partial charge in [-0.1, -0.05) is 103 Å². The molecule has 1 amide bonds. The maximum atomic E-state index is 11.7. The molecule has 0 aromatic carbocycles. The molecule has 0 heterocycles. The van der Waals surface area contributed by atoms with Crippen LogP contribution in [0.25, 0.3) is 0 Å². The molecule has 0 fully saturated rings. The smallest absolute Gasteiger partial charge is 0.327 e. The highest BCUT2D eigenvalue weighted by Crippen LogP contribution is 2.14. The van der Waals surface area contributed by atoms with Gasteiger partial charge in [-0.3, -0.25) is 4.79 Å². The van der Waals surface area contributed by atoms with Crippen molar-refractivity contribution in [2.24, 2.45) is 0 Å². The number of hydrogen-bond donors (Lipinski definition) is 2. The Kier molecular flexibility index (Phi) is 19.1. The lowest BCUT2D eigenvalue weighted by Crippen LogP contribution is -2.45. The van der Waals surface area contributed by atoms with Crippen molar-refractivity contribution in [3.05, 3.63) is 0 Å². The van der Waals surface area contributed by atoms with Gasteiger partial charge < -0.3 is 10.0 Å². The number of carbonyl (C=O) groups is 2. The molecule has 0 saturated carbocycles. The van der Waals surface area contributed by atoms with E-state index in [-0.39, 0.29) is 11.7 Å². The van der Waals surface area contributed by atoms with Gasteiger partial charge in [0.15, 0.2) is 0 Å². The van der Waals surface area contributed by atoms with Crippen molar-refractivity contribution < 1.29 is 14.7 Å². The average molecular weight is 416 g/mol. The van der Waals surface area contributed by atoms with Crippen LogP contribution in [0.5, 0.6) is 0 Å². The Bertz CT molecular complexity index is 390. The number of unbranched alkanes of at least 4 members (excludes halogenated alkanes) is 15. The molecule has 0 aromatic rings. The summed E-state index contributed by atoms with van der Waals surface area (Å²) in [6.45, 7) is 4.22. The van der Waals surface area contributed by atoms with Crippen molar-refractivity contribution in [1.82, 2.24) is 4.90 Å². The number of nitrogens with zero attached hydrogens (tertiary/aromatic N) is 1. The Morgan fingerprint density at radius 1 is 0.750 bits per heavy atom. The Balaban J connectivity index is 3.47. The number of rotatable bonds is 20. The number of carboxylic acids is 1. The van der Waals surface area contributed by atoms with Crippen LogP contribution in [0.3, 0.4) is 0 Å². The van der Waals surface area contributed by atoms with E-state index in [0.29, 0.717) is 6.54 Å². The van der Waals surface area contributed by atoms with Crippen molar-refractivity contribution in [3.8, 4) is 0 Å². The highest BCUT2D eigenvalue weighted by molar-refractivity contribution is 7.80. The van der Waals surface area contributed by atoms with Crippen molar-refractivity contribution in [3.63, 3.8) is 0 Å². The van der Waals surface area contributed by atoms with E-state index >= 15 is 0 Å². The van der Waals surface area contributed by atoms with Gasteiger partial charge in [-0.05, 0) is 6.42 Å². The lowest BCUT2D eigenvalue weighted by atomic mass is 10.0. The van der Waals surface area contributed by atoms with Gasteiger partial charge in [-0.2, -0.15) is 12.6 Å². The normalized spacial score (nSPS) is 12.1. The fourth-order valence-electron chi connectivity index (χ4n) is 3.67. The van der Waals surface area contributed by atoms with Crippen LogP contribution in [0.4, 0.5) is 0 Å². The Morgan fingerprint density at radius 3 is 1.39 bits per heavy atom. The van der Waals surface area contributed by atoms with E-state index in [9.17, 15) is 14.7 Å². The molecule has 1 unspecified atom stereocenters. The summed E-state index contributed by atoms with van der Waals surface area (Å²) < 4.78 is 0. The zero-order valence-electron chi connectivity index (χ0n) is 18.5. The van der Waals surface area contributed by atoms with Gasteiger partial charge in [0.2, 0.25) is 5.91 Å². The molecule has 5 heteroatoms. The largest absolute Gasteiger partial charge is 0.480 e. The van der Waals surface area contributed by atoms with Crippen LogP contribution in [0.2, 0.25) is 0 Å². The number of amides is 1. The summed E-state index contributed by atoms with van der Waals surface area (Å²) in [6.07, 6.45) is 20.9.